The summed E-state index contributed by atoms with van der Waals surface area (Å²) in [5.41, 5.74) is 0. The van der Waals surface area contributed by atoms with E-state index >= 15 is 0 Å². The third-order valence-corrected chi connectivity index (χ3v) is 2.32. The second kappa shape index (κ2) is 5.58. The first kappa shape index (κ1) is 12.9. The van der Waals surface area contributed by atoms with Gasteiger partial charge >= 0.3 is 5.97 Å². The number of carbonyl (C=O) groups excluding carboxylic acids is 2. The fourth-order valence-electron chi connectivity index (χ4n) is 1.51. The Kier molecular flexibility index (Phi) is 5.13. The summed E-state index contributed by atoms with van der Waals surface area (Å²) >= 11 is 0. The van der Waals surface area contributed by atoms with Crippen LogP contribution in [0.3, 0.4) is 0 Å². The first-order valence-electron chi connectivity index (χ1n) is 4.66. The van der Waals surface area contributed by atoms with Gasteiger partial charge in [-0.1, -0.05) is 19.9 Å². The quantitative estimate of drug-likeness (QED) is 0.384. The highest BCUT2D eigenvalue weighted by Crippen LogP contribution is 2.24. The molecule has 0 aromatic carbocycles. The number of hydrogen-bond donors (Lipinski definition) is 0. The van der Waals surface area contributed by atoms with Crippen molar-refractivity contribution >= 4 is 11.8 Å². The van der Waals surface area contributed by atoms with Crippen molar-refractivity contribution in [2.45, 2.75) is 20.8 Å². The average Bonchev–Trinajstić information content (AvgIpc) is 2.11. The van der Waals surface area contributed by atoms with Gasteiger partial charge < -0.3 is 4.74 Å². The average molecular weight is 198 g/mol. The van der Waals surface area contributed by atoms with E-state index in [1.807, 2.05) is 13.8 Å². The Morgan fingerprint density at radius 1 is 1.36 bits per heavy atom. The summed E-state index contributed by atoms with van der Waals surface area (Å²) in [7, 11) is 1.29. The molecular weight excluding hydrogens is 180 g/mol. The maximum Gasteiger partial charge on any atom is 0.316 e. The van der Waals surface area contributed by atoms with Crippen LogP contribution < -0.4 is 0 Å². The predicted octanol–water partition coefficient (Wildman–Crippen LogP) is 1.82. The standard InChI is InChI=1S/C11H18O3/c1-6-9(7(2)3)10(8(4)12)11(13)14-5/h6-7,9-10H,1H2,2-5H3. The van der Waals surface area contributed by atoms with E-state index in [-0.39, 0.29) is 17.6 Å². The van der Waals surface area contributed by atoms with Crippen LogP contribution in [-0.4, -0.2) is 18.9 Å². The van der Waals surface area contributed by atoms with E-state index in [1.54, 1.807) is 6.08 Å². The van der Waals surface area contributed by atoms with E-state index in [4.69, 9.17) is 0 Å². The van der Waals surface area contributed by atoms with Crippen LogP contribution in [0.15, 0.2) is 12.7 Å². The summed E-state index contributed by atoms with van der Waals surface area (Å²) in [6.45, 7) is 8.94. The van der Waals surface area contributed by atoms with Crippen LogP contribution in [0.4, 0.5) is 0 Å². The molecule has 14 heavy (non-hydrogen) atoms. The van der Waals surface area contributed by atoms with E-state index in [2.05, 4.69) is 11.3 Å². The maximum atomic E-state index is 11.4. The summed E-state index contributed by atoms with van der Waals surface area (Å²) in [6.07, 6.45) is 1.65. The minimum atomic E-state index is -0.711. The molecule has 0 aromatic heterocycles. The number of Topliss-reactive ketones (excluding diaryl/α,β-unsaturated/α-hetero) is 1. The molecule has 0 fully saturated rings. The Morgan fingerprint density at radius 3 is 2.07 bits per heavy atom. The molecule has 2 atom stereocenters. The van der Waals surface area contributed by atoms with Gasteiger partial charge in [0.2, 0.25) is 0 Å². The summed E-state index contributed by atoms with van der Waals surface area (Å²) < 4.78 is 4.60. The highest BCUT2D eigenvalue weighted by molar-refractivity contribution is 5.98. The third-order valence-electron chi connectivity index (χ3n) is 2.32. The monoisotopic (exact) mass is 198 g/mol. The minimum absolute atomic E-state index is 0.153. The van der Waals surface area contributed by atoms with Gasteiger partial charge in [0.1, 0.15) is 11.7 Å². The largest absolute Gasteiger partial charge is 0.468 e. The number of rotatable bonds is 5. The van der Waals surface area contributed by atoms with Gasteiger partial charge in [-0.15, -0.1) is 6.58 Å². The van der Waals surface area contributed by atoms with Crippen LogP contribution in [-0.2, 0) is 14.3 Å². The smallest absolute Gasteiger partial charge is 0.316 e. The van der Waals surface area contributed by atoms with Crippen LogP contribution in [0.5, 0.6) is 0 Å². The van der Waals surface area contributed by atoms with Crippen LogP contribution in [0.1, 0.15) is 20.8 Å². The molecule has 0 aliphatic heterocycles. The lowest BCUT2D eigenvalue weighted by Gasteiger charge is -2.23. The molecule has 0 bridgehead atoms. The number of esters is 1. The highest BCUT2D eigenvalue weighted by atomic mass is 16.5. The minimum Gasteiger partial charge on any atom is -0.468 e. The van der Waals surface area contributed by atoms with Crippen molar-refractivity contribution in [2.24, 2.45) is 17.8 Å². The second-order valence-corrected chi connectivity index (χ2v) is 3.67. The Bertz CT molecular complexity index is 231. The first-order valence-corrected chi connectivity index (χ1v) is 4.66. The lowest BCUT2D eigenvalue weighted by atomic mass is 9.81. The van der Waals surface area contributed by atoms with Crippen molar-refractivity contribution in [2.75, 3.05) is 7.11 Å². The molecule has 0 N–H and O–H groups in total. The SMILES string of the molecule is C=CC(C(C)C)C(C(C)=O)C(=O)OC. The normalized spacial score (nSPS) is 14.6. The lowest BCUT2D eigenvalue weighted by Crippen LogP contribution is -2.32. The molecule has 80 valence electrons. The number of ketones is 1. The molecule has 3 heteroatoms. The Morgan fingerprint density at radius 2 is 1.86 bits per heavy atom. The number of carbonyl (C=O) groups is 2. The molecular formula is C11H18O3. The highest BCUT2D eigenvalue weighted by Gasteiger charge is 2.33. The first-order chi connectivity index (χ1) is 6.45. The molecule has 0 saturated heterocycles. The maximum absolute atomic E-state index is 11.4. The van der Waals surface area contributed by atoms with Gasteiger partial charge in [-0.3, -0.25) is 9.59 Å². The molecule has 0 aromatic rings. The van der Waals surface area contributed by atoms with Gasteiger partial charge in [0, 0.05) is 0 Å². The van der Waals surface area contributed by atoms with E-state index in [0.717, 1.165) is 0 Å². The number of methoxy groups -OCH3 is 1. The van der Waals surface area contributed by atoms with Gasteiger partial charge in [-0.2, -0.15) is 0 Å². The fourth-order valence-corrected chi connectivity index (χ4v) is 1.51. The van der Waals surface area contributed by atoms with Crippen LogP contribution >= 0.6 is 0 Å². The van der Waals surface area contributed by atoms with Gasteiger partial charge in [0.25, 0.3) is 0 Å². The molecule has 0 saturated carbocycles. The van der Waals surface area contributed by atoms with E-state index < -0.39 is 11.9 Å². The topological polar surface area (TPSA) is 43.4 Å². The number of allylic oxidation sites excluding steroid dienone is 1. The van der Waals surface area contributed by atoms with Crippen LogP contribution in [0.2, 0.25) is 0 Å². The molecule has 3 nitrogen and oxygen atoms in total. The van der Waals surface area contributed by atoms with Gasteiger partial charge in [0.05, 0.1) is 7.11 Å². The van der Waals surface area contributed by atoms with Crippen molar-refractivity contribution in [3.8, 4) is 0 Å². The zero-order valence-corrected chi connectivity index (χ0v) is 9.24. The molecule has 0 heterocycles. The van der Waals surface area contributed by atoms with Crippen molar-refractivity contribution in [1.82, 2.24) is 0 Å². The van der Waals surface area contributed by atoms with Gasteiger partial charge in [0.15, 0.2) is 0 Å². The molecule has 0 aliphatic rings. The van der Waals surface area contributed by atoms with E-state index in [9.17, 15) is 9.59 Å². The van der Waals surface area contributed by atoms with Crippen molar-refractivity contribution < 1.29 is 14.3 Å². The van der Waals surface area contributed by atoms with Crippen LogP contribution in [0, 0.1) is 17.8 Å². The molecule has 0 spiro atoms. The molecule has 0 aliphatic carbocycles. The molecule has 2 unspecified atom stereocenters. The van der Waals surface area contributed by atoms with Gasteiger partial charge in [-0.05, 0) is 18.8 Å². The lowest BCUT2D eigenvalue weighted by molar-refractivity contribution is -0.151. The third kappa shape index (κ3) is 2.98. The fraction of sp³-hybridized carbons (Fsp3) is 0.636. The summed E-state index contributed by atoms with van der Waals surface area (Å²) in [5.74, 6) is -1.32. The Labute approximate surface area is 85.1 Å². The Hall–Kier alpha value is -1.12. The molecule has 0 radical (unpaired) electrons. The number of hydrogen-bond acceptors (Lipinski definition) is 3. The predicted molar refractivity (Wildman–Crippen MR) is 54.7 cm³/mol. The Balaban J connectivity index is 4.87. The van der Waals surface area contributed by atoms with E-state index in [0.29, 0.717) is 0 Å². The molecule has 0 rings (SSSR count). The van der Waals surface area contributed by atoms with Crippen molar-refractivity contribution in [3.05, 3.63) is 12.7 Å². The van der Waals surface area contributed by atoms with Gasteiger partial charge in [-0.25, -0.2) is 0 Å². The summed E-state index contributed by atoms with van der Waals surface area (Å²) in [4.78, 5) is 22.7. The second-order valence-electron chi connectivity index (χ2n) is 3.67. The van der Waals surface area contributed by atoms with Crippen molar-refractivity contribution in [1.29, 1.82) is 0 Å². The zero-order valence-electron chi connectivity index (χ0n) is 9.24. The molecule has 0 amide bonds. The van der Waals surface area contributed by atoms with Crippen LogP contribution in [0.25, 0.3) is 0 Å². The number of ether oxygens (including phenoxy) is 1. The van der Waals surface area contributed by atoms with Crippen molar-refractivity contribution in [3.63, 3.8) is 0 Å². The summed E-state index contributed by atoms with van der Waals surface area (Å²) in [5, 5.41) is 0. The van der Waals surface area contributed by atoms with E-state index in [1.165, 1.54) is 14.0 Å². The zero-order chi connectivity index (χ0) is 11.3. The summed E-state index contributed by atoms with van der Waals surface area (Å²) in [6, 6.07) is 0.